The Kier molecular flexibility index (Phi) is 6.38. The van der Waals surface area contributed by atoms with Gasteiger partial charge in [-0.1, -0.05) is 26.2 Å². The zero-order valence-electron chi connectivity index (χ0n) is 10.00. The van der Waals surface area contributed by atoms with Crippen LogP contribution < -0.4 is 0 Å². The summed E-state index contributed by atoms with van der Waals surface area (Å²) in [6, 6.07) is 1.98. The average Bonchev–Trinajstić information content (AvgIpc) is 2.79. The zero-order valence-corrected chi connectivity index (χ0v) is 10.00. The van der Waals surface area contributed by atoms with Crippen molar-refractivity contribution >= 4 is 5.97 Å². The summed E-state index contributed by atoms with van der Waals surface area (Å²) in [7, 11) is 0. The van der Waals surface area contributed by atoms with Crippen LogP contribution in [0.4, 0.5) is 0 Å². The first-order valence-electron chi connectivity index (χ1n) is 6.10. The van der Waals surface area contributed by atoms with Crippen LogP contribution in [-0.4, -0.2) is 17.6 Å². The molecule has 0 aliphatic carbocycles. The summed E-state index contributed by atoms with van der Waals surface area (Å²) in [5.41, 5.74) is 1.16. The SMILES string of the molecule is CCCCCCOC(=O)CCc1cc[nH]c1. The highest BCUT2D eigenvalue weighted by atomic mass is 16.5. The van der Waals surface area contributed by atoms with Gasteiger partial charge >= 0.3 is 5.97 Å². The number of carbonyl (C=O) groups excluding carboxylic acids is 1. The second-order valence-electron chi connectivity index (χ2n) is 4.00. The molecular formula is C13H21NO2. The number of ether oxygens (including phenoxy) is 1. The van der Waals surface area contributed by atoms with Crippen molar-refractivity contribution < 1.29 is 9.53 Å². The molecule has 0 aliphatic rings. The number of esters is 1. The predicted molar refractivity (Wildman–Crippen MR) is 64.2 cm³/mol. The number of aryl methyl sites for hydroxylation is 1. The Morgan fingerprint density at radius 3 is 2.94 bits per heavy atom. The van der Waals surface area contributed by atoms with E-state index < -0.39 is 0 Å². The molecule has 0 saturated carbocycles. The van der Waals surface area contributed by atoms with Crippen molar-refractivity contribution in [2.75, 3.05) is 6.61 Å². The maximum atomic E-state index is 11.3. The molecule has 1 aromatic rings. The third kappa shape index (κ3) is 5.59. The smallest absolute Gasteiger partial charge is 0.306 e. The fraction of sp³-hybridized carbons (Fsp3) is 0.615. The summed E-state index contributed by atoms with van der Waals surface area (Å²) in [5, 5.41) is 0. The van der Waals surface area contributed by atoms with Gasteiger partial charge in [-0.15, -0.1) is 0 Å². The molecule has 16 heavy (non-hydrogen) atoms. The van der Waals surface area contributed by atoms with Gasteiger partial charge in [-0.25, -0.2) is 0 Å². The first-order valence-corrected chi connectivity index (χ1v) is 6.10. The minimum absolute atomic E-state index is 0.0855. The van der Waals surface area contributed by atoms with E-state index in [0.29, 0.717) is 13.0 Å². The molecule has 0 amide bonds. The van der Waals surface area contributed by atoms with Crippen LogP contribution in [-0.2, 0) is 16.0 Å². The third-order valence-corrected chi connectivity index (χ3v) is 2.54. The van der Waals surface area contributed by atoms with E-state index in [1.54, 1.807) is 0 Å². The number of carbonyl (C=O) groups is 1. The fourth-order valence-electron chi connectivity index (χ4n) is 1.55. The molecule has 0 aliphatic heterocycles. The van der Waals surface area contributed by atoms with Crippen LogP contribution in [0.3, 0.4) is 0 Å². The first-order chi connectivity index (χ1) is 7.83. The Morgan fingerprint density at radius 2 is 2.25 bits per heavy atom. The summed E-state index contributed by atoms with van der Waals surface area (Å²) >= 11 is 0. The van der Waals surface area contributed by atoms with E-state index in [2.05, 4.69) is 11.9 Å². The lowest BCUT2D eigenvalue weighted by Crippen LogP contribution is -2.06. The van der Waals surface area contributed by atoms with E-state index in [-0.39, 0.29) is 5.97 Å². The number of hydrogen-bond acceptors (Lipinski definition) is 2. The van der Waals surface area contributed by atoms with Gasteiger partial charge in [0.15, 0.2) is 0 Å². The van der Waals surface area contributed by atoms with Gasteiger partial charge in [-0.05, 0) is 24.5 Å². The van der Waals surface area contributed by atoms with Crippen LogP contribution in [0.5, 0.6) is 0 Å². The number of unbranched alkanes of at least 4 members (excludes halogenated alkanes) is 3. The fourth-order valence-corrected chi connectivity index (χ4v) is 1.55. The molecule has 0 fully saturated rings. The largest absolute Gasteiger partial charge is 0.466 e. The molecule has 3 nitrogen and oxygen atoms in total. The second kappa shape index (κ2) is 7.97. The van der Waals surface area contributed by atoms with Crippen molar-refractivity contribution in [3.63, 3.8) is 0 Å². The number of H-pyrrole nitrogens is 1. The van der Waals surface area contributed by atoms with Crippen molar-refractivity contribution in [2.45, 2.75) is 45.4 Å². The van der Waals surface area contributed by atoms with Crippen LogP contribution in [0, 0.1) is 0 Å². The van der Waals surface area contributed by atoms with Crippen LogP contribution in [0.25, 0.3) is 0 Å². The molecule has 0 spiro atoms. The summed E-state index contributed by atoms with van der Waals surface area (Å²) in [5.74, 6) is -0.0855. The van der Waals surface area contributed by atoms with Crippen LogP contribution in [0.2, 0.25) is 0 Å². The van der Waals surface area contributed by atoms with E-state index in [0.717, 1.165) is 24.8 Å². The van der Waals surface area contributed by atoms with Crippen molar-refractivity contribution in [1.29, 1.82) is 0 Å². The van der Waals surface area contributed by atoms with Gasteiger partial charge in [0.2, 0.25) is 0 Å². The van der Waals surface area contributed by atoms with Gasteiger partial charge in [0, 0.05) is 18.8 Å². The normalized spacial score (nSPS) is 10.3. The van der Waals surface area contributed by atoms with Gasteiger partial charge in [-0.2, -0.15) is 0 Å². The van der Waals surface area contributed by atoms with Crippen molar-refractivity contribution in [3.8, 4) is 0 Å². The molecule has 0 unspecified atom stereocenters. The van der Waals surface area contributed by atoms with Crippen LogP contribution in [0.1, 0.15) is 44.6 Å². The molecule has 0 radical (unpaired) electrons. The van der Waals surface area contributed by atoms with Gasteiger partial charge in [0.05, 0.1) is 6.61 Å². The molecule has 3 heteroatoms. The molecule has 1 rings (SSSR count). The van der Waals surface area contributed by atoms with Gasteiger partial charge in [0.25, 0.3) is 0 Å². The Hall–Kier alpha value is -1.25. The van der Waals surface area contributed by atoms with E-state index in [9.17, 15) is 4.79 Å². The van der Waals surface area contributed by atoms with Gasteiger partial charge < -0.3 is 9.72 Å². The Bertz CT molecular complexity index is 280. The summed E-state index contributed by atoms with van der Waals surface area (Å²) in [6.45, 7) is 2.74. The summed E-state index contributed by atoms with van der Waals surface area (Å²) in [4.78, 5) is 14.3. The Morgan fingerprint density at radius 1 is 1.38 bits per heavy atom. The second-order valence-corrected chi connectivity index (χ2v) is 4.00. The van der Waals surface area contributed by atoms with E-state index in [1.165, 1.54) is 12.8 Å². The molecule has 0 atom stereocenters. The first kappa shape index (κ1) is 12.8. The Balaban J connectivity index is 1.99. The van der Waals surface area contributed by atoms with Crippen molar-refractivity contribution in [3.05, 3.63) is 24.0 Å². The molecule has 1 heterocycles. The highest BCUT2D eigenvalue weighted by Crippen LogP contribution is 2.03. The summed E-state index contributed by atoms with van der Waals surface area (Å²) < 4.78 is 5.14. The highest BCUT2D eigenvalue weighted by molar-refractivity contribution is 5.69. The van der Waals surface area contributed by atoms with Gasteiger partial charge in [-0.3, -0.25) is 4.79 Å². The van der Waals surface area contributed by atoms with E-state index in [1.807, 2.05) is 18.5 Å². The zero-order chi connectivity index (χ0) is 11.6. The molecule has 90 valence electrons. The minimum atomic E-state index is -0.0855. The molecule has 1 N–H and O–H groups in total. The highest BCUT2D eigenvalue weighted by Gasteiger charge is 2.03. The van der Waals surface area contributed by atoms with E-state index >= 15 is 0 Å². The standard InChI is InChI=1S/C13H21NO2/c1-2-3-4-5-10-16-13(15)7-6-12-8-9-14-11-12/h8-9,11,14H,2-7,10H2,1H3. The lowest BCUT2D eigenvalue weighted by atomic mass is 10.2. The topological polar surface area (TPSA) is 42.1 Å². The lowest BCUT2D eigenvalue weighted by Gasteiger charge is -2.03. The Labute approximate surface area is 97.2 Å². The minimum Gasteiger partial charge on any atom is -0.466 e. The maximum Gasteiger partial charge on any atom is 0.306 e. The number of aromatic amines is 1. The lowest BCUT2D eigenvalue weighted by molar-refractivity contribution is -0.143. The molecule has 1 aromatic heterocycles. The third-order valence-electron chi connectivity index (χ3n) is 2.54. The molecule has 0 saturated heterocycles. The number of nitrogens with one attached hydrogen (secondary N) is 1. The quantitative estimate of drug-likeness (QED) is 0.543. The summed E-state index contributed by atoms with van der Waals surface area (Å²) in [6.07, 6.45) is 9.59. The molecular weight excluding hydrogens is 202 g/mol. The van der Waals surface area contributed by atoms with Crippen molar-refractivity contribution in [2.24, 2.45) is 0 Å². The number of aromatic nitrogens is 1. The van der Waals surface area contributed by atoms with E-state index in [4.69, 9.17) is 4.74 Å². The number of hydrogen-bond donors (Lipinski definition) is 1. The molecule has 0 aromatic carbocycles. The predicted octanol–water partition coefficient (Wildman–Crippen LogP) is 3.07. The average molecular weight is 223 g/mol. The van der Waals surface area contributed by atoms with Crippen LogP contribution >= 0.6 is 0 Å². The van der Waals surface area contributed by atoms with Crippen LogP contribution in [0.15, 0.2) is 18.5 Å². The monoisotopic (exact) mass is 223 g/mol. The molecule has 0 bridgehead atoms. The number of rotatable bonds is 8. The van der Waals surface area contributed by atoms with Crippen molar-refractivity contribution in [1.82, 2.24) is 4.98 Å². The van der Waals surface area contributed by atoms with Gasteiger partial charge in [0.1, 0.15) is 0 Å². The maximum absolute atomic E-state index is 11.3.